The van der Waals surface area contributed by atoms with Gasteiger partial charge >= 0.3 is 6.16 Å². The number of allylic oxidation sites excluding steroid dienone is 4. The van der Waals surface area contributed by atoms with Gasteiger partial charge in [-0.05, 0) is 68.7 Å². The summed E-state index contributed by atoms with van der Waals surface area (Å²) in [4.78, 5) is 52.3. The highest BCUT2D eigenvalue weighted by Crippen LogP contribution is 2.67. The molecular formula is C30H34O9S. The van der Waals surface area contributed by atoms with Gasteiger partial charge in [0.2, 0.25) is 5.78 Å². The van der Waals surface area contributed by atoms with Crippen LogP contribution in [0, 0.1) is 35.5 Å². The fraction of sp³-hybridized carbons (Fsp3) is 0.533. The summed E-state index contributed by atoms with van der Waals surface area (Å²) in [6, 6.07) is 6.02. The summed E-state index contributed by atoms with van der Waals surface area (Å²) >= 11 is 0. The number of hydrogen-bond donors (Lipinski definition) is 0. The number of carbonyl (C=O) groups is 4. The van der Waals surface area contributed by atoms with Crippen LogP contribution < -0.4 is 0 Å². The largest absolute Gasteiger partial charge is 0.509 e. The van der Waals surface area contributed by atoms with E-state index in [2.05, 4.69) is 0 Å². The Labute approximate surface area is 234 Å². The molecule has 214 valence electrons. The van der Waals surface area contributed by atoms with Crippen LogP contribution in [0.25, 0.3) is 0 Å². The standard InChI is InChI=1S/C30H34O9S/c1-18-5-8-21(9-6-18)40(35,36)38-17-25(33)30(39-27(34)37-4)14-12-23-22-10-7-19-15-20(31)11-13-28(19,2)26(22)24(32)16-29(23,30)3/h5-6,8-9,11,13,15,22-23,26H,7,10,12,14,16-17H2,1-4H3/t22-,23-,26+,28-,29-,30-/m0/s1. The van der Waals surface area contributed by atoms with Crippen LogP contribution in [0.5, 0.6) is 0 Å². The number of ketones is 3. The fourth-order valence-electron chi connectivity index (χ4n) is 7.90. The molecule has 0 heterocycles. The zero-order chi connectivity index (χ0) is 29.1. The molecule has 0 aliphatic heterocycles. The van der Waals surface area contributed by atoms with Gasteiger partial charge in [-0.1, -0.05) is 43.2 Å². The van der Waals surface area contributed by atoms with E-state index in [4.69, 9.17) is 13.7 Å². The van der Waals surface area contributed by atoms with Crippen molar-refractivity contribution in [2.24, 2.45) is 28.6 Å². The molecule has 0 radical (unpaired) electrons. The van der Waals surface area contributed by atoms with E-state index in [1.807, 2.05) is 19.9 Å². The second kappa shape index (κ2) is 9.76. The molecule has 40 heavy (non-hydrogen) atoms. The third-order valence-corrected chi connectivity index (χ3v) is 11.2. The second-order valence-corrected chi connectivity index (χ2v) is 13.5. The van der Waals surface area contributed by atoms with Crippen LogP contribution in [-0.2, 0) is 38.2 Å². The summed E-state index contributed by atoms with van der Waals surface area (Å²) in [6.45, 7) is 4.73. The van der Waals surface area contributed by atoms with Crippen LogP contribution >= 0.6 is 0 Å². The first-order valence-electron chi connectivity index (χ1n) is 13.5. The first-order chi connectivity index (χ1) is 18.8. The number of rotatable bonds is 6. The molecule has 0 saturated heterocycles. The average Bonchev–Trinajstić information content (AvgIpc) is 3.19. The Morgan fingerprint density at radius 2 is 1.77 bits per heavy atom. The first-order valence-corrected chi connectivity index (χ1v) is 14.9. The van der Waals surface area contributed by atoms with Crippen molar-refractivity contribution in [3.05, 3.63) is 53.6 Å². The van der Waals surface area contributed by atoms with Gasteiger partial charge in [-0.15, -0.1) is 0 Å². The molecule has 0 N–H and O–H groups in total. The quantitative estimate of drug-likeness (QED) is 0.363. The molecule has 0 aromatic heterocycles. The molecule has 0 amide bonds. The minimum atomic E-state index is -4.27. The van der Waals surface area contributed by atoms with Crippen LogP contribution in [-0.4, -0.2) is 51.2 Å². The Balaban J connectivity index is 1.47. The van der Waals surface area contributed by atoms with Crippen molar-refractivity contribution < 1.29 is 41.3 Å². The summed E-state index contributed by atoms with van der Waals surface area (Å²) in [5.41, 5.74) is -1.69. The number of ether oxygens (including phenoxy) is 2. The lowest BCUT2D eigenvalue weighted by Gasteiger charge is -2.57. The maximum absolute atomic E-state index is 14.0. The molecule has 1 aromatic carbocycles. The van der Waals surface area contributed by atoms with E-state index in [1.165, 1.54) is 18.2 Å². The van der Waals surface area contributed by atoms with E-state index < -0.39 is 45.1 Å². The van der Waals surface area contributed by atoms with Crippen molar-refractivity contribution in [3.8, 4) is 0 Å². The Morgan fingerprint density at radius 1 is 1.07 bits per heavy atom. The lowest BCUT2D eigenvalue weighted by atomic mass is 9.46. The third-order valence-electron chi connectivity index (χ3n) is 9.91. The molecule has 9 nitrogen and oxygen atoms in total. The highest BCUT2D eigenvalue weighted by molar-refractivity contribution is 7.86. The summed E-state index contributed by atoms with van der Waals surface area (Å²) in [5, 5.41) is 0. The minimum Gasteiger partial charge on any atom is -0.438 e. The Bertz CT molecular complexity index is 1440. The van der Waals surface area contributed by atoms with Crippen molar-refractivity contribution in [1.29, 1.82) is 0 Å². The number of fused-ring (bicyclic) bond motifs is 5. The molecule has 3 saturated carbocycles. The predicted molar refractivity (Wildman–Crippen MR) is 143 cm³/mol. The zero-order valence-electron chi connectivity index (χ0n) is 23.1. The van der Waals surface area contributed by atoms with Crippen molar-refractivity contribution in [2.75, 3.05) is 13.7 Å². The maximum Gasteiger partial charge on any atom is 0.509 e. The van der Waals surface area contributed by atoms with Crippen molar-refractivity contribution in [3.63, 3.8) is 0 Å². The SMILES string of the molecule is COC(=O)O[C@]1(C(=O)COS(=O)(=O)c2ccc(C)cc2)CC[C@H]2[C@@H]3CCC4=CC(=O)C=C[C@]4(C)[C@H]3C(=O)C[C@@]21C. The van der Waals surface area contributed by atoms with Crippen LogP contribution in [0.3, 0.4) is 0 Å². The Morgan fingerprint density at radius 3 is 2.45 bits per heavy atom. The number of benzene rings is 1. The van der Waals surface area contributed by atoms with Gasteiger partial charge in [-0.3, -0.25) is 18.6 Å². The monoisotopic (exact) mass is 570 g/mol. The van der Waals surface area contributed by atoms with Crippen LogP contribution in [0.2, 0.25) is 0 Å². The molecular weight excluding hydrogens is 536 g/mol. The smallest absolute Gasteiger partial charge is 0.438 e. The number of carbonyl (C=O) groups excluding carboxylic acids is 4. The normalized spacial score (nSPS) is 34.8. The van der Waals surface area contributed by atoms with Gasteiger partial charge in [0, 0.05) is 23.2 Å². The predicted octanol–water partition coefficient (Wildman–Crippen LogP) is 4.28. The molecule has 5 rings (SSSR count). The van der Waals surface area contributed by atoms with Crippen LogP contribution in [0.1, 0.15) is 51.5 Å². The van der Waals surface area contributed by atoms with Gasteiger partial charge in [0.1, 0.15) is 12.4 Å². The van der Waals surface area contributed by atoms with Crippen molar-refractivity contribution >= 4 is 33.6 Å². The molecule has 0 unspecified atom stereocenters. The van der Waals surface area contributed by atoms with Crippen LogP contribution in [0.15, 0.2) is 53.0 Å². The van der Waals surface area contributed by atoms with E-state index in [0.29, 0.717) is 19.3 Å². The van der Waals surface area contributed by atoms with E-state index in [-0.39, 0.29) is 47.1 Å². The Kier molecular flexibility index (Phi) is 6.94. The highest BCUT2D eigenvalue weighted by Gasteiger charge is 2.70. The summed E-state index contributed by atoms with van der Waals surface area (Å²) in [7, 11) is -3.14. The van der Waals surface area contributed by atoms with E-state index in [0.717, 1.165) is 18.2 Å². The average molecular weight is 571 g/mol. The van der Waals surface area contributed by atoms with Gasteiger partial charge in [0.05, 0.1) is 12.0 Å². The molecule has 4 aliphatic rings. The zero-order valence-corrected chi connectivity index (χ0v) is 23.9. The van der Waals surface area contributed by atoms with Gasteiger partial charge in [0.25, 0.3) is 10.1 Å². The topological polar surface area (TPSA) is 130 Å². The van der Waals surface area contributed by atoms with Gasteiger partial charge in [0.15, 0.2) is 11.4 Å². The molecule has 3 fully saturated rings. The van der Waals surface area contributed by atoms with Gasteiger partial charge in [-0.25, -0.2) is 4.79 Å². The number of Topliss-reactive ketones (excluding diaryl/α,β-unsaturated/α-hetero) is 2. The molecule has 4 aliphatic carbocycles. The van der Waals surface area contributed by atoms with E-state index in [1.54, 1.807) is 25.1 Å². The first kappa shape index (κ1) is 28.4. The number of methoxy groups -OCH3 is 1. The molecule has 1 aromatic rings. The highest BCUT2D eigenvalue weighted by atomic mass is 32.2. The minimum absolute atomic E-state index is 0.0447. The summed E-state index contributed by atoms with van der Waals surface area (Å²) in [6.07, 6.45) is 5.76. The van der Waals surface area contributed by atoms with Gasteiger partial charge < -0.3 is 9.47 Å². The number of hydrogen-bond acceptors (Lipinski definition) is 9. The lowest BCUT2D eigenvalue weighted by molar-refractivity contribution is -0.172. The Hall–Kier alpha value is -3.11. The second-order valence-electron chi connectivity index (χ2n) is 11.9. The van der Waals surface area contributed by atoms with Crippen molar-refractivity contribution in [1.82, 2.24) is 0 Å². The van der Waals surface area contributed by atoms with E-state index >= 15 is 0 Å². The fourth-order valence-corrected chi connectivity index (χ4v) is 8.77. The molecule has 0 bridgehead atoms. The summed E-state index contributed by atoms with van der Waals surface area (Å²) in [5.74, 6) is -1.54. The maximum atomic E-state index is 14.0. The molecule has 0 spiro atoms. The van der Waals surface area contributed by atoms with Gasteiger partial charge in [-0.2, -0.15) is 8.42 Å². The van der Waals surface area contributed by atoms with E-state index in [9.17, 15) is 27.6 Å². The summed E-state index contributed by atoms with van der Waals surface area (Å²) < 4.78 is 41.4. The number of aryl methyl sites for hydroxylation is 1. The molecule has 10 heteroatoms. The third kappa shape index (κ3) is 4.27. The molecule has 6 atom stereocenters. The van der Waals surface area contributed by atoms with Crippen molar-refractivity contribution in [2.45, 2.75) is 63.4 Å². The lowest BCUT2D eigenvalue weighted by Crippen LogP contribution is -2.62. The van der Waals surface area contributed by atoms with Crippen LogP contribution in [0.4, 0.5) is 4.79 Å².